The minimum atomic E-state index is -0.432. The molecule has 1 unspecified atom stereocenters. The van der Waals surface area contributed by atoms with Crippen molar-refractivity contribution < 1.29 is 9.90 Å². The molecule has 3 rings (SSSR count). The van der Waals surface area contributed by atoms with Gasteiger partial charge >= 0.3 is 0 Å². The number of hydrogen-bond donors (Lipinski definition) is 3. The van der Waals surface area contributed by atoms with E-state index in [1.807, 2.05) is 42.5 Å². The number of fused-ring (bicyclic) bond motifs is 1. The van der Waals surface area contributed by atoms with Crippen LogP contribution in [0.5, 0.6) is 5.75 Å². The number of aromatic hydroxyl groups is 1. The molecule has 1 amide bonds. The van der Waals surface area contributed by atoms with Crippen molar-refractivity contribution in [2.24, 2.45) is 5.10 Å². The summed E-state index contributed by atoms with van der Waals surface area (Å²) in [6, 6.07) is 20.2. The summed E-state index contributed by atoms with van der Waals surface area (Å²) in [5, 5.41) is 18.6. The van der Waals surface area contributed by atoms with Crippen LogP contribution in [-0.4, -0.2) is 23.3 Å². The van der Waals surface area contributed by atoms with Crippen LogP contribution in [0, 0.1) is 0 Å². The topological polar surface area (TPSA) is 73.7 Å². The van der Waals surface area contributed by atoms with Crippen LogP contribution in [-0.2, 0) is 4.79 Å². The van der Waals surface area contributed by atoms with Gasteiger partial charge < -0.3 is 10.4 Å². The van der Waals surface area contributed by atoms with E-state index < -0.39 is 6.04 Å². The second kappa shape index (κ2) is 7.49. The van der Waals surface area contributed by atoms with Crippen LogP contribution in [0.25, 0.3) is 10.8 Å². The van der Waals surface area contributed by atoms with Gasteiger partial charge in [0.1, 0.15) is 11.8 Å². The maximum absolute atomic E-state index is 12.1. The molecule has 0 heterocycles. The first-order valence-electron chi connectivity index (χ1n) is 7.99. The van der Waals surface area contributed by atoms with E-state index in [-0.39, 0.29) is 11.7 Å². The maximum atomic E-state index is 12.1. The van der Waals surface area contributed by atoms with E-state index in [9.17, 15) is 9.90 Å². The van der Waals surface area contributed by atoms with E-state index in [0.717, 1.165) is 22.0 Å². The number of nitrogens with one attached hydrogen (secondary N) is 2. The molecule has 3 aromatic rings. The summed E-state index contributed by atoms with van der Waals surface area (Å²) >= 11 is 0. The fourth-order valence-electron chi connectivity index (χ4n) is 2.42. The molecule has 0 aromatic heterocycles. The van der Waals surface area contributed by atoms with Crippen LogP contribution in [0.4, 0.5) is 5.69 Å². The summed E-state index contributed by atoms with van der Waals surface area (Å²) in [6.45, 7) is 1.78. The minimum Gasteiger partial charge on any atom is -0.508 e. The predicted molar refractivity (Wildman–Crippen MR) is 101 cm³/mol. The molecule has 0 saturated carbocycles. The number of carbonyl (C=O) groups excluding carboxylic acids is 1. The van der Waals surface area contributed by atoms with Gasteiger partial charge in [-0.15, -0.1) is 0 Å². The maximum Gasteiger partial charge on any atom is 0.262 e. The Balaban J connectivity index is 1.58. The molecule has 0 radical (unpaired) electrons. The summed E-state index contributed by atoms with van der Waals surface area (Å²) < 4.78 is 0. The zero-order valence-electron chi connectivity index (χ0n) is 13.8. The molecule has 126 valence electrons. The summed E-state index contributed by atoms with van der Waals surface area (Å²) in [6.07, 6.45) is 1.53. The van der Waals surface area contributed by atoms with Crippen LogP contribution in [0.2, 0.25) is 0 Å². The summed E-state index contributed by atoms with van der Waals surface area (Å²) in [5.41, 5.74) is 4.17. The SMILES string of the molecule is CC(Nc1ccc2ccccc2c1)C(=O)NN=Cc1ccc(O)cc1. The van der Waals surface area contributed by atoms with Crippen LogP contribution in [0.15, 0.2) is 71.8 Å². The zero-order chi connectivity index (χ0) is 17.6. The van der Waals surface area contributed by atoms with Gasteiger partial charge in [-0.1, -0.05) is 30.3 Å². The second-order valence-electron chi connectivity index (χ2n) is 5.75. The van der Waals surface area contributed by atoms with Crippen LogP contribution in [0.3, 0.4) is 0 Å². The molecule has 3 N–H and O–H groups in total. The number of amides is 1. The molecule has 5 nitrogen and oxygen atoms in total. The Labute approximate surface area is 146 Å². The number of anilines is 1. The molecular weight excluding hydrogens is 314 g/mol. The van der Waals surface area contributed by atoms with Gasteiger partial charge in [0.05, 0.1) is 6.21 Å². The molecule has 0 aliphatic rings. The van der Waals surface area contributed by atoms with Crippen molar-refractivity contribution in [3.63, 3.8) is 0 Å². The highest BCUT2D eigenvalue weighted by Crippen LogP contribution is 2.19. The minimum absolute atomic E-state index is 0.189. The number of phenolic OH excluding ortho intramolecular Hbond substituents is 1. The molecule has 5 heteroatoms. The normalized spacial score (nSPS) is 12.2. The fraction of sp³-hybridized carbons (Fsp3) is 0.100. The van der Waals surface area contributed by atoms with Gasteiger partial charge in [-0.05, 0) is 59.7 Å². The Morgan fingerprint density at radius 3 is 2.52 bits per heavy atom. The van der Waals surface area contributed by atoms with Gasteiger partial charge in [0.25, 0.3) is 5.91 Å². The third kappa shape index (κ3) is 4.35. The lowest BCUT2D eigenvalue weighted by molar-refractivity contribution is -0.121. The van der Waals surface area contributed by atoms with E-state index in [1.54, 1.807) is 31.2 Å². The largest absolute Gasteiger partial charge is 0.508 e. The highest BCUT2D eigenvalue weighted by atomic mass is 16.3. The molecule has 25 heavy (non-hydrogen) atoms. The number of phenols is 1. The Kier molecular flexibility index (Phi) is 4.95. The Hall–Kier alpha value is -3.34. The molecule has 0 aliphatic carbocycles. The molecule has 1 atom stereocenters. The van der Waals surface area contributed by atoms with Gasteiger partial charge in [0, 0.05) is 5.69 Å². The van der Waals surface area contributed by atoms with E-state index in [1.165, 1.54) is 6.21 Å². The van der Waals surface area contributed by atoms with Crippen molar-refractivity contribution in [3.05, 3.63) is 72.3 Å². The zero-order valence-corrected chi connectivity index (χ0v) is 13.8. The highest BCUT2D eigenvalue weighted by Gasteiger charge is 2.11. The van der Waals surface area contributed by atoms with E-state index in [0.29, 0.717) is 0 Å². The van der Waals surface area contributed by atoms with Gasteiger partial charge in [-0.2, -0.15) is 5.10 Å². The monoisotopic (exact) mass is 333 g/mol. The van der Waals surface area contributed by atoms with E-state index >= 15 is 0 Å². The summed E-state index contributed by atoms with van der Waals surface area (Å²) in [4.78, 5) is 12.1. The third-order valence-corrected chi connectivity index (χ3v) is 3.81. The molecule has 3 aromatic carbocycles. The molecule has 0 bridgehead atoms. The number of nitrogens with zero attached hydrogens (tertiary/aromatic N) is 1. The summed E-state index contributed by atoms with van der Waals surface area (Å²) in [5.74, 6) is -0.0439. The van der Waals surface area contributed by atoms with E-state index in [2.05, 4.69) is 15.8 Å². The Morgan fingerprint density at radius 1 is 1.04 bits per heavy atom. The average Bonchev–Trinajstić information content (AvgIpc) is 2.63. The van der Waals surface area contributed by atoms with Crippen molar-refractivity contribution in [2.75, 3.05) is 5.32 Å². The molecule has 0 saturated heterocycles. The predicted octanol–water partition coefficient (Wildman–Crippen LogP) is 3.50. The van der Waals surface area contributed by atoms with Gasteiger partial charge in [0.2, 0.25) is 0 Å². The lowest BCUT2D eigenvalue weighted by atomic mass is 10.1. The molecule has 0 spiro atoms. The number of carbonyl (C=O) groups is 1. The third-order valence-electron chi connectivity index (χ3n) is 3.81. The van der Waals surface area contributed by atoms with Crippen molar-refractivity contribution in [2.45, 2.75) is 13.0 Å². The van der Waals surface area contributed by atoms with Gasteiger partial charge in [-0.3, -0.25) is 4.79 Å². The number of hydrogen-bond acceptors (Lipinski definition) is 4. The number of rotatable bonds is 5. The second-order valence-corrected chi connectivity index (χ2v) is 5.75. The first-order chi connectivity index (χ1) is 12.1. The summed E-state index contributed by atoms with van der Waals surface area (Å²) in [7, 11) is 0. The van der Waals surface area contributed by atoms with Crippen molar-refractivity contribution in [1.29, 1.82) is 0 Å². The first kappa shape index (κ1) is 16.5. The van der Waals surface area contributed by atoms with Crippen LogP contribution < -0.4 is 10.7 Å². The lowest BCUT2D eigenvalue weighted by Gasteiger charge is -2.14. The number of hydrazone groups is 1. The number of benzene rings is 3. The van der Waals surface area contributed by atoms with Gasteiger partial charge in [0.15, 0.2) is 0 Å². The molecular formula is C20H19N3O2. The van der Waals surface area contributed by atoms with Crippen molar-refractivity contribution in [1.82, 2.24) is 5.43 Å². The molecule has 0 aliphatic heterocycles. The van der Waals surface area contributed by atoms with E-state index in [4.69, 9.17) is 0 Å². The average molecular weight is 333 g/mol. The van der Waals surface area contributed by atoms with Gasteiger partial charge in [-0.25, -0.2) is 5.43 Å². The smallest absolute Gasteiger partial charge is 0.262 e. The highest BCUT2D eigenvalue weighted by molar-refractivity contribution is 5.89. The Morgan fingerprint density at radius 2 is 1.76 bits per heavy atom. The van der Waals surface area contributed by atoms with Crippen molar-refractivity contribution >= 4 is 28.6 Å². The quantitative estimate of drug-likeness (QED) is 0.494. The Bertz CT molecular complexity index is 904. The van der Waals surface area contributed by atoms with Crippen molar-refractivity contribution in [3.8, 4) is 5.75 Å². The van der Waals surface area contributed by atoms with Crippen LogP contribution in [0.1, 0.15) is 12.5 Å². The van der Waals surface area contributed by atoms with Crippen LogP contribution >= 0.6 is 0 Å². The first-order valence-corrected chi connectivity index (χ1v) is 7.99. The molecule has 0 fully saturated rings. The lowest BCUT2D eigenvalue weighted by Crippen LogP contribution is -2.34. The standard InChI is InChI=1S/C20H19N3O2/c1-14(20(25)23-21-13-15-6-10-19(24)11-7-15)22-18-9-8-16-4-2-3-5-17(16)12-18/h2-14,22,24H,1H3,(H,23,25). The fourth-order valence-corrected chi connectivity index (χ4v) is 2.42.